The van der Waals surface area contributed by atoms with E-state index in [0.29, 0.717) is 22.1 Å². The Morgan fingerprint density at radius 3 is 1.32 bits per heavy atom. The third-order valence-electron chi connectivity index (χ3n) is 7.79. The van der Waals surface area contributed by atoms with Crippen LogP contribution in [0.2, 0.25) is 0 Å². The molecular weight excluding hydrogens is 598 g/mol. The number of carbonyl (C=O) groups excluding carboxylic acids is 2. The number of hydrogen-bond donors (Lipinski definition) is 0. The van der Waals surface area contributed by atoms with Crippen molar-refractivity contribution in [2.45, 2.75) is 13.8 Å². The Morgan fingerprint density at radius 2 is 0.909 bits per heavy atom. The molecule has 0 amide bonds. The van der Waals surface area contributed by atoms with Crippen molar-refractivity contribution in [1.82, 2.24) is 0 Å². The Hall–Kier alpha value is -4.12. The molecule has 0 radical (unpaired) electrons. The average Bonchev–Trinajstić information content (AvgIpc) is 3.03. The van der Waals surface area contributed by atoms with Crippen LogP contribution in [0.3, 0.4) is 0 Å². The molecule has 2 aliphatic rings. The zero-order valence-corrected chi connectivity index (χ0v) is 26.2. The van der Waals surface area contributed by atoms with Crippen LogP contribution < -0.4 is 19.7 Å². The Morgan fingerprint density at radius 1 is 0.568 bits per heavy atom. The minimum absolute atomic E-state index is 0.0338. The van der Waals surface area contributed by atoms with Gasteiger partial charge in [-0.2, -0.15) is 0 Å². The van der Waals surface area contributed by atoms with Crippen molar-refractivity contribution in [1.29, 1.82) is 0 Å². The smallest absolute Gasteiger partial charge is 0.309 e. The van der Waals surface area contributed by atoms with E-state index in [1.165, 1.54) is 0 Å². The molecule has 0 spiro atoms. The number of para-hydroxylation sites is 2. The van der Waals surface area contributed by atoms with Crippen molar-refractivity contribution in [3.05, 3.63) is 97.1 Å². The normalized spacial score (nSPS) is 20.7. The molecular formula is C34H32O8P2. The van der Waals surface area contributed by atoms with Gasteiger partial charge in [0.25, 0.3) is 14.7 Å². The number of ether oxygens (including phenoxy) is 2. The van der Waals surface area contributed by atoms with Crippen molar-refractivity contribution >= 4 is 37.3 Å². The monoisotopic (exact) mass is 630 g/mol. The van der Waals surface area contributed by atoms with Gasteiger partial charge in [0.2, 0.25) is 0 Å². The van der Waals surface area contributed by atoms with E-state index in [1.807, 2.05) is 60.7 Å². The first-order chi connectivity index (χ1) is 21.2. The fourth-order valence-corrected chi connectivity index (χ4v) is 10.8. The highest BCUT2D eigenvalue weighted by molar-refractivity contribution is 7.68. The Balaban J connectivity index is 1.02. The van der Waals surface area contributed by atoms with Gasteiger partial charge in [0.05, 0.1) is 34.8 Å². The van der Waals surface area contributed by atoms with Gasteiger partial charge in [-0.25, -0.2) is 0 Å². The number of rotatable bonds is 9. The van der Waals surface area contributed by atoms with Crippen LogP contribution in [0, 0.1) is 11.8 Å². The van der Waals surface area contributed by atoms with E-state index in [4.69, 9.17) is 18.5 Å². The molecule has 4 unspecified atom stereocenters. The van der Waals surface area contributed by atoms with Crippen LogP contribution in [-0.4, -0.2) is 37.5 Å². The Kier molecular flexibility index (Phi) is 8.24. The van der Waals surface area contributed by atoms with E-state index in [9.17, 15) is 18.7 Å². The molecule has 0 saturated carbocycles. The summed E-state index contributed by atoms with van der Waals surface area (Å²) in [7, 11) is -6.81. The third kappa shape index (κ3) is 5.72. The fraction of sp³-hybridized carbons (Fsp3) is 0.235. The molecule has 4 aromatic carbocycles. The minimum atomic E-state index is -3.41. The average molecular weight is 631 g/mol. The lowest BCUT2D eigenvalue weighted by atomic mass is 10.0. The molecule has 44 heavy (non-hydrogen) atoms. The molecule has 10 heteroatoms. The molecule has 0 aliphatic carbocycles. The van der Waals surface area contributed by atoms with Crippen LogP contribution in [0.4, 0.5) is 0 Å². The van der Waals surface area contributed by atoms with E-state index >= 15 is 0 Å². The van der Waals surface area contributed by atoms with Gasteiger partial charge in [0.15, 0.2) is 0 Å². The van der Waals surface area contributed by atoms with Crippen molar-refractivity contribution in [3.8, 4) is 33.8 Å². The number of benzene rings is 4. The van der Waals surface area contributed by atoms with Crippen molar-refractivity contribution in [2.24, 2.45) is 11.8 Å². The van der Waals surface area contributed by atoms with Crippen LogP contribution in [-0.2, 0) is 28.2 Å². The van der Waals surface area contributed by atoms with Gasteiger partial charge in [-0.1, -0.05) is 86.6 Å². The van der Waals surface area contributed by atoms with E-state index in [1.54, 1.807) is 50.2 Å². The van der Waals surface area contributed by atoms with Gasteiger partial charge < -0.3 is 18.5 Å². The zero-order valence-electron chi connectivity index (χ0n) is 24.4. The molecule has 2 aliphatic heterocycles. The number of hydrogen-bond acceptors (Lipinski definition) is 8. The maximum atomic E-state index is 14.0. The first kappa shape index (κ1) is 29.9. The molecule has 4 aromatic rings. The summed E-state index contributed by atoms with van der Waals surface area (Å²) in [6, 6.07) is 29.5. The van der Waals surface area contributed by atoms with E-state index in [2.05, 4.69) is 0 Å². The Bertz CT molecular complexity index is 1700. The molecule has 0 fully saturated rings. The minimum Gasteiger partial charge on any atom is -0.462 e. The zero-order chi connectivity index (χ0) is 30.9. The summed E-state index contributed by atoms with van der Waals surface area (Å²) in [4.78, 5) is 25.6. The first-order valence-electron chi connectivity index (χ1n) is 14.5. The standard InChI is InChI=1S/C34H32O8P2/c1-23(21-43(37)31-17-9-5-13-27(31)25-11-3-7-15-29(25)41-43)33(35)39-19-20-40-34(36)24(2)22-44(38)32-18-10-6-14-28(32)26-12-4-8-16-30(26)42-44/h3-18,23-24H,19-22H2,1-2H3. The molecule has 6 rings (SSSR count). The van der Waals surface area contributed by atoms with Gasteiger partial charge in [-0.3, -0.25) is 18.7 Å². The molecule has 0 aromatic heterocycles. The van der Waals surface area contributed by atoms with Gasteiger partial charge in [-0.05, 0) is 35.4 Å². The van der Waals surface area contributed by atoms with Crippen LogP contribution in [0.15, 0.2) is 97.1 Å². The second kappa shape index (κ2) is 12.1. The van der Waals surface area contributed by atoms with Gasteiger partial charge in [0.1, 0.15) is 24.7 Å². The molecule has 226 valence electrons. The van der Waals surface area contributed by atoms with Crippen LogP contribution in [0.25, 0.3) is 22.3 Å². The van der Waals surface area contributed by atoms with E-state index < -0.39 is 38.5 Å². The molecule has 4 atom stereocenters. The van der Waals surface area contributed by atoms with Crippen LogP contribution in [0.1, 0.15) is 13.8 Å². The summed E-state index contributed by atoms with van der Waals surface area (Å²) in [5.74, 6) is -1.57. The molecule has 8 nitrogen and oxygen atoms in total. The molecule has 0 bridgehead atoms. The lowest BCUT2D eigenvalue weighted by molar-refractivity contribution is -0.155. The lowest BCUT2D eigenvalue weighted by Gasteiger charge is -2.30. The second-order valence-electron chi connectivity index (χ2n) is 11.1. The maximum absolute atomic E-state index is 14.0. The Labute approximate surface area is 256 Å². The predicted octanol–water partition coefficient (Wildman–Crippen LogP) is 6.67. The molecule has 2 heterocycles. The van der Waals surface area contributed by atoms with Crippen LogP contribution >= 0.6 is 14.7 Å². The summed E-state index contributed by atoms with van der Waals surface area (Å²) in [5, 5.41) is 1.15. The summed E-state index contributed by atoms with van der Waals surface area (Å²) in [6.45, 7) is 2.94. The van der Waals surface area contributed by atoms with Gasteiger partial charge in [0, 0.05) is 11.1 Å². The van der Waals surface area contributed by atoms with Crippen molar-refractivity contribution in [2.75, 3.05) is 25.5 Å². The highest BCUT2D eigenvalue weighted by atomic mass is 31.2. The topological polar surface area (TPSA) is 105 Å². The largest absolute Gasteiger partial charge is 0.462 e. The van der Waals surface area contributed by atoms with Gasteiger partial charge >= 0.3 is 11.9 Å². The van der Waals surface area contributed by atoms with Crippen molar-refractivity contribution in [3.63, 3.8) is 0 Å². The predicted molar refractivity (Wildman–Crippen MR) is 169 cm³/mol. The summed E-state index contributed by atoms with van der Waals surface area (Å²) < 4.78 is 50.8. The molecule has 0 N–H and O–H groups in total. The SMILES string of the molecule is CC(CP1(=O)Oc2ccccc2-c2ccccc21)C(=O)OCCOC(=O)C(C)CP1(=O)Oc2ccccc2-c2ccccc21. The first-order valence-corrected chi connectivity index (χ1v) is 18.1. The fourth-order valence-electron chi connectivity index (χ4n) is 5.66. The third-order valence-corrected chi connectivity index (χ3v) is 13.1. The number of carbonyl (C=O) groups is 2. The van der Waals surface area contributed by atoms with Crippen LogP contribution in [0.5, 0.6) is 11.5 Å². The lowest BCUT2D eigenvalue weighted by Crippen LogP contribution is -2.28. The number of fused-ring (bicyclic) bond motifs is 6. The second-order valence-corrected chi connectivity index (χ2v) is 15.8. The number of esters is 2. The molecule has 0 saturated heterocycles. The van der Waals surface area contributed by atoms with E-state index in [-0.39, 0.29) is 25.5 Å². The summed E-state index contributed by atoms with van der Waals surface area (Å²) >= 11 is 0. The summed E-state index contributed by atoms with van der Waals surface area (Å²) in [5.41, 5.74) is 3.37. The highest BCUT2D eigenvalue weighted by Gasteiger charge is 2.40. The highest BCUT2D eigenvalue weighted by Crippen LogP contribution is 2.56. The van der Waals surface area contributed by atoms with Gasteiger partial charge in [-0.15, -0.1) is 0 Å². The quantitative estimate of drug-likeness (QED) is 0.115. The maximum Gasteiger partial charge on any atom is 0.309 e. The van der Waals surface area contributed by atoms with E-state index in [0.717, 1.165) is 22.3 Å². The van der Waals surface area contributed by atoms with Crippen molar-refractivity contribution < 1.29 is 37.2 Å². The summed E-state index contributed by atoms with van der Waals surface area (Å²) in [6.07, 6.45) is -0.0677.